The van der Waals surface area contributed by atoms with Gasteiger partial charge in [0, 0.05) is 50.6 Å². The third-order valence-electron chi connectivity index (χ3n) is 4.60. The maximum Gasteiger partial charge on any atom is 0.138 e. The lowest BCUT2D eigenvalue weighted by molar-refractivity contribution is 0.144. The topological polar surface area (TPSA) is 63.8 Å². The maximum absolute atomic E-state index is 6.21. The molecule has 1 N–H and O–H groups in total. The summed E-state index contributed by atoms with van der Waals surface area (Å²) < 4.78 is 3.85. The Labute approximate surface area is 163 Å². The Morgan fingerprint density at radius 2 is 2.23 bits per heavy atom. The van der Waals surface area contributed by atoms with Crippen molar-refractivity contribution < 1.29 is 0 Å². The van der Waals surface area contributed by atoms with Gasteiger partial charge in [0.1, 0.15) is 18.5 Å². The molecule has 0 saturated carbocycles. The average Bonchev–Trinajstić information content (AvgIpc) is 3.29. The smallest absolute Gasteiger partial charge is 0.138 e. The number of benzene rings is 1. The minimum Gasteiger partial charge on any atom is -0.337 e. The van der Waals surface area contributed by atoms with Gasteiger partial charge < -0.3 is 9.88 Å². The summed E-state index contributed by atoms with van der Waals surface area (Å²) in [4.78, 5) is 11.1. The number of halogens is 2. The van der Waals surface area contributed by atoms with E-state index in [2.05, 4.69) is 35.9 Å². The van der Waals surface area contributed by atoms with E-state index in [9.17, 15) is 0 Å². The first-order valence-corrected chi connectivity index (χ1v) is 8.65. The lowest BCUT2D eigenvalue weighted by Gasteiger charge is -2.36. The van der Waals surface area contributed by atoms with Crippen molar-refractivity contribution in [2.24, 2.45) is 7.05 Å². The third-order valence-corrected chi connectivity index (χ3v) is 4.83. The second kappa shape index (κ2) is 8.18. The summed E-state index contributed by atoms with van der Waals surface area (Å²) in [7, 11) is 2.04. The molecular formula is C17H21Cl2N7. The Morgan fingerprint density at radius 1 is 1.35 bits per heavy atom. The molecule has 1 fully saturated rings. The van der Waals surface area contributed by atoms with Crippen LogP contribution in [0.5, 0.6) is 0 Å². The van der Waals surface area contributed by atoms with Crippen LogP contribution in [-0.4, -0.2) is 48.8 Å². The molecule has 0 spiro atoms. The molecule has 1 saturated heterocycles. The summed E-state index contributed by atoms with van der Waals surface area (Å²) in [5.74, 6) is 1.07. The monoisotopic (exact) mass is 393 g/mol. The second-order valence-corrected chi connectivity index (χ2v) is 6.64. The van der Waals surface area contributed by atoms with Crippen LogP contribution < -0.4 is 5.32 Å². The van der Waals surface area contributed by atoms with Gasteiger partial charge in [-0.3, -0.25) is 4.90 Å². The molecule has 0 radical (unpaired) electrons. The van der Waals surface area contributed by atoms with Crippen molar-refractivity contribution in [1.29, 1.82) is 0 Å². The molecule has 26 heavy (non-hydrogen) atoms. The summed E-state index contributed by atoms with van der Waals surface area (Å²) in [6.45, 7) is 3.60. The van der Waals surface area contributed by atoms with Crippen molar-refractivity contribution in [1.82, 2.24) is 34.5 Å². The van der Waals surface area contributed by atoms with E-state index in [0.29, 0.717) is 5.02 Å². The molecule has 1 aromatic carbocycles. The van der Waals surface area contributed by atoms with Gasteiger partial charge in [0.05, 0.1) is 11.7 Å². The number of piperazine rings is 1. The highest BCUT2D eigenvalue weighted by Gasteiger charge is 2.27. The van der Waals surface area contributed by atoms with Crippen LogP contribution in [0.4, 0.5) is 0 Å². The van der Waals surface area contributed by atoms with Crippen LogP contribution in [0, 0.1) is 0 Å². The van der Waals surface area contributed by atoms with Gasteiger partial charge in [-0.05, 0) is 17.7 Å². The molecule has 3 aromatic rings. The Kier molecular flexibility index (Phi) is 5.93. The predicted octanol–water partition coefficient (Wildman–Crippen LogP) is 2.22. The van der Waals surface area contributed by atoms with Gasteiger partial charge in [0.25, 0.3) is 0 Å². The number of nitrogens with one attached hydrogen (secondary N) is 1. The number of aromatic nitrogens is 5. The minimum atomic E-state index is 0. The highest BCUT2D eigenvalue weighted by Crippen LogP contribution is 2.26. The summed E-state index contributed by atoms with van der Waals surface area (Å²) in [5, 5.41) is 8.43. The molecule has 0 amide bonds. The van der Waals surface area contributed by atoms with E-state index in [1.165, 1.54) is 6.33 Å². The average molecular weight is 394 g/mol. The lowest BCUT2D eigenvalue weighted by Crippen LogP contribution is -2.46. The summed E-state index contributed by atoms with van der Waals surface area (Å²) in [6.07, 6.45) is 7.08. The minimum absolute atomic E-state index is 0. The zero-order chi connectivity index (χ0) is 17.2. The predicted molar refractivity (Wildman–Crippen MR) is 103 cm³/mol. The zero-order valence-electron chi connectivity index (χ0n) is 14.4. The molecule has 0 aliphatic carbocycles. The Morgan fingerprint density at radius 3 is 2.96 bits per heavy atom. The van der Waals surface area contributed by atoms with Gasteiger partial charge in [0.15, 0.2) is 0 Å². The van der Waals surface area contributed by atoms with Crippen LogP contribution >= 0.6 is 24.0 Å². The van der Waals surface area contributed by atoms with Crippen molar-refractivity contribution >= 4 is 24.0 Å². The van der Waals surface area contributed by atoms with E-state index in [-0.39, 0.29) is 18.4 Å². The summed E-state index contributed by atoms with van der Waals surface area (Å²) >= 11 is 6.21. The van der Waals surface area contributed by atoms with E-state index < -0.39 is 0 Å². The highest BCUT2D eigenvalue weighted by molar-refractivity contribution is 6.30. The molecule has 1 aliphatic heterocycles. The molecule has 1 atom stereocenters. The molecule has 9 heteroatoms. The van der Waals surface area contributed by atoms with Crippen LogP contribution in [0.2, 0.25) is 5.02 Å². The third kappa shape index (κ3) is 3.76. The van der Waals surface area contributed by atoms with Crippen LogP contribution in [0.25, 0.3) is 5.69 Å². The highest BCUT2D eigenvalue weighted by atomic mass is 35.5. The van der Waals surface area contributed by atoms with Crippen molar-refractivity contribution in [2.45, 2.75) is 12.6 Å². The van der Waals surface area contributed by atoms with Gasteiger partial charge in [-0.25, -0.2) is 14.6 Å². The molecule has 4 rings (SSSR count). The van der Waals surface area contributed by atoms with Crippen LogP contribution in [0.1, 0.15) is 17.4 Å². The number of aryl methyl sites for hydroxylation is 1. The van der Waals surface area contributed by atoms with Crippen molar-refractivity contribution in [3.63, 3.8) is 0 Å². The Hall–Kier alpha value is -1.93. The summed E-state index contributed by atoms with van der Waals surface area (Å²) in [5.41, 5.74) is 2.12. The van der Waals surface area contributed by atoms with Crippen molar-refractivity contribution in [3.8, 4) is 5.69 Å². The van der Waals surface area contributed by atoms with E-state index in [0.717, 1.165) is 43.3 Å². The first-order valence-electron chi connectivity index (χ1n) is 8.28. The van der Waals surface area contributed by atoms with Gasteiger partial charge in [0.2, 0.25) is 0 Å². The second-order valence-electron chi connectivity index (χ2n) is 6.20. The van der Waals surface area contributed by atoms with Gasteiger partial charge in [-0.1, -0.05) is 17.7 Å². The molecule has 138 valence electrons. The molecular weight excluding hydrogens is 373 g/mol. The van der Waals surface area contributed by atoms with Crippen LogP contribution in [0.15, 0.2) is 43.2 Å². The van der Waals surface area contributed by atoms with Gasteiger partial charge in [-0.15, -0.1) is 12.4 Å². The molecule has 1 aliphatic rings. The molecule has 3 heterocycles. The first kappa shape index (κ1) is 18.8. The van der Waals surface area contributed by atoms with Gasteiger partial charge >= 0.3 is 0 Å². The Bertz CT molecular complexity index is 847. The summed E-state index contributed by atoms with van der Waals surface area (Å²) in [6, 6.07) is 6.16. The molecule has 0 bridgehead atoms. The number of hydrogen-bond acceptors (Lipinski definition) is 5. The van der Waals surface area contributed by atoms with Crippen molar-refractivity contribution in [2.75, 3.05) is 19.6 Å². The first-order chi connectivity index (χ1) is 12.2. The number of hydrogen-bond donors (Lipinski definition) is 1. The van der Waals surface area contributed by atoms with E-state index >= 15 is 0 Å². The quantitative estimate of drug-likeness (QED) is 0.735. The van der Waals surface area contributed by atoms with Crippen LogP contribution in [-0.2, 0) is 13.6 Å². The molecule has 1 unspecified atom stereocenters. The lowest BCUT2D eigenvalue weighted by atomic mass is 10.1. The van der Waals surface area contributed by atoms with E-state index in [4.69, 9.17) is 11.6 Å². The fourth-order valence-electron chi connectivity index (χ4n) is 3.32. The van der Waals surface area contributed by atoms with E-state index in [1.54, 1.807) is 11.0 Å². The normalized spacial score (nSPS) is 17.8. The zero-order valence-corrected chi connectivity index (χ0v) is 16.0. The fraction of sp³-hybridized carbons (Fsp3) is 0.353. The molecule has 2 aromatic heterocycles. The Balaban J connectivity index is 0.00000196. The SMILES string of the molecule is Cl.Cn1ccnc1C1CNCCN1Cc1ccc(Cl)cc1-n1cncn1. The van der Waals surface area contributed by atoms with Crippen molar-refractivity contribution in [3.05, 3.63) is 59.7 Å². The number of nitrogens with zero attached hydrogens (tertiary/aromatic N) is 6. The van der Waals surface area contributed by atoms with Gasteiger partial charge in [-0.2, -0.15) is 5.10 Å². The standard InChI is InChI=1S/C17H20ClN7.ClH/c1-23-6-5-21-17(23)16-9-19-4-7-24(16)10-13-2-3-14(18)8-15(13)25-12-20-11-22-25;/h2-3,5-6,8,11-12,16,19H,4,7,9-10H2,1H3;1H. The fourth-order valence-corrected chi connectivity index (χ4v) is 3.49. The molecule has 7 nitrogen and oxygen atoms in total. The maximum atomic E-state index is 6.21. The van der Waals surface area contributed by atoms with E-state index in [1.807, 2.05) is 31.6 Å². The number of rotatable bonds is 4. The van der Waals surface area contributed by atoms with Crippen LogP contribution in [0.3, 0.4) is 0 Å². The largest absolute Gasteiger partial charge is 0.337 e. The number of imidazole rings is 1.